The zero-order valence-corrected chi connectivity index (χ0v) is 6.66. The number of hydrogen-bond acceptors (Lipinski definition) is 2. The molecule has 1 heterocycles. The number of aliphatic hydroxyl groups is 1. The maximum absolute atomic E-state index is 11.1. The van der Waals surface area contributed by atoms with Crippen molar-refractivity contribution >= 4 is 5.91 Å². The second kappa shape index (κ2) is 3.05. The molecule has 1 aliphatic rings. The van der Waals surface area contributed by atoms with Crippen LogP contribution < -0.4 is 0 Å². The molecule has 3 nitrogen and oxygen atoms in total. The molecule has 0 aromatic carbocycles. The minimum Gasteiger partial charge on any atom is -0.391 e. The summed E-state index contributed by atoms with van der Waals surface area (Å²) < 4.78 is 0. The maximum atomic E-state index is 11.1. The summed E-state index contributed by atoms with van der Waals surface area (Å²) in [5.74, 6) is 0.0184. The molecule has 1 amide bonds. The number of aliphatic hydroxyl groups excluding tert-OH is 1. The van der Waals surface area contributed by atoms with E-state index in [1.54, 1.807) is 11.0 Å². The first kappa shape index (κ1) is 8.27. The molecule has 1 saturated heterocycles. The number of nitrogens with zero attached hydrogens (tertiary/aromatic N) is 1. The number of rotatable bonds is 2. The first-order valence-electron chi connectivity index (χ1n) is 3.75. The maximum Gasteiger partial charge on any atom is 0.225 e. The fraction of sp³-hybridized carbons (Fsp3) is 0.625. The molecular weight excluding hydrogens is 142 g/mol. The Labute approximate surface area is 66.3 Å². The highest BCUT2D eigenvalue weighted by atomic mass is 16.3. The van der Waals surface area contributed by atoms with Gasteiger partial charge in [0.15, 0.2) is 0 Å². The summed E-state index contributed by atoms with van der Waals surface area (Å²) in [6, 6.07) is 0.0413. The monoisotopic (exact) mass is 155 g/mol. The van der Waals surface area contributed by atoms with E-state index in [4.69, 9.17) is 5.11 Å². The van der Waals surface area contributed by atoms with Gasteiger partial charge in [0.05, 0.1) is 12.5 Å². The van der Waals surface area contributed by atoms with Crippen LogP contribution in [0.4, 0.5) is 0 Å². The van der Waals surface area contributed by atoms with E-state index in [0.29, 0.717) is 6.54 Å². The molecule has 62 valence electrons. The standard InChI is InChI=1S/C8H13NO2/c1-3-6(2)9-5-7(10)4-8(9)11/h3,6-7,10H,1,4-5H2,2H3. The van der Waals surface area contributed by atoms with Crippen molar-refractivity contribution in [3.8, 4) is 0 Å². The summed E-state index contributed by atoms with van der Waals surface area (Å²) in [7, 11) is 0. The van der Waals surface area contributed by atoms with Crippen LogP contribution in [0.3, 0.4) is 0 Å². The molecule has 0 aromatic heterocycles. The highest BCUT2D eigenvalue weighted by molar-refractivity contribution is 5.79. The number of carbonyl (C=O) groups is 1. The topological polar surface area (TPSA) is 40.5 Å². The summed E-state index contributed by atoms with van der Waals surface area (Å²) >= 11 is 0. The summed E-state index contributed by atoms with van der Waals surface area (Å²) in [6.07, 6.45) is 1.48. The molecule has 2 unspecified atom stereocenters. The molecule has 1 rings (SSSR count). The van der Waals surface area contributed by atoms with Gasteiger partial charge in [-0.05, 0) is 6.92 Å². The average molecular weight is 155 g/mol. The van der Waals surface area contributed by atoms with Crippen LogP contribution in [0, 0.1) is 0 Å². The Morgan fingerprint density at radius 2 is 2.55 bits per heavy atom. The van der Waals surface area contributed by atoms with Gasteiger partial charge in [0.1, 0.15) is 0 Å². The van der Waals surface area contributed by atoms with Gasteiger partial charge in [0.2, 0.25) is 5.91 Å². The van der Waals surface area contributed by atoms with Gasteiger partial charge in [-0.15, -0.1) is 6.58 Å². The Hall–Kier alpha value is -0.830. The summed E-state index contributed by atoms with van der Waals surface area (Å²) in [4.78, 5) is 12.7. The Morgan fingerprint density at radius 1 is 1.91 bits per heavy atom. The van der Waals surface area contributed by atoms with E-state index in [1.807, 2.05) is 6.92 Å². The molecule has 3 heteroatoms. The second-order valence-electron chi connectivity index (χ2n) is 2.88. The Kier molecular flexibility index (Phi) is 2.29. The van der Waals surface area contributed by atoms with Gasteiger partial charge in [-0.1, -0.05) is 6.08 Å². The lowest BCUT2D eigenvalue weighted by Gasteiger charge is -2.20. The van der Waals surface area contributed by atoms with Crippen LogP contribution in [0.1, 0.15) is 13.3 Å². The van der Waals surface area contributed by atoms with E-state index in [2.05, 4.69) is 6.58 Å². The van der Waals surface area contributed by atoms with E-state index >= 15 is 0 Å². The van der Waals surface area contributed by atoms with E-state index in [-0.39, 0.29) is 18.4 Å². The molecule has 0 spiro atoms. The molecule has 1 fully saturated rings. The Morgan fingerprint density at radius 3 is 2.91 bits per heavy atom. The van der Waals surface area contributed by atoms with Crippen LogP contribution in [0.15, 0.2) is 12.7 Å². The molecule has 0 aromatic rings. The molecule has 0 saturated carbocycles. The normalized spacial score (nSPS) is 27.3. The average Bonchev–Trinajstić information content (AvgIpc) is 2.28. The Balaban J connectivity index is 2.59. The number of hydrogen-bond donors (Lipinski definition) is 1. The minimum absolute atomic E-state index is 0.0184. The number of β-amino-alcohol motifs (C(OH)–C–C–N with tert-alkyl or cyclic N) is 1. The zero-order valence-electron chi connectivity index (χ0n) is 6.66. The molecular formula is C8H13NO2. The van der Waals surface area contributed by atoms with Crippen molar-refractivity contribution in [2.45, 2.75) is 25.5 Å². The van der Waals surface area contributed by atoms with Gasteiger partial charge >= 0.3 is 0 Å². The number of carbonyl (C=O) groups excluding carboxylic acids is 1. The minimum atomic E-state index is -0.482. The zero-order chi connectivity index (χ0) is 8.43. The molecule has 2 atom stereocenters. The highest BCUT2D eigenvalue weighted by Gasteiger charge is 2.29. The molecule has 0 bridgehead atoms. The van der Waals surface area contributed by atoms with Crippen LogP contribution in [-0.4, -0.2) is 34.6 Å². The van der Waals surface area contributed by atoms with Gasteiger partial charge in [-0.2, -0.15) is 0 Å². The van der Waals surface area contributed by atoms with E-state index in [0.717, 1.165) is 0 Å². The van der Waals surface area contributed by atoms with E-state index < -0.39 is 6.10 Å². The third-order valence-corrected chi connectivity index (χ3v) is 1.97. The Bertz CT molecular complexity index is 179. The lowest BCUT2D eigenvalue weighted by Crippen LogP contribution is -2.33. The predicted octanol–water partition coefficient (Wildman–Crippen LogP) is 0.154. The summed E-state index contributed by atoms with van der Waals surface area (Å²) in [5, 5.41) is 9.12. The van der Waals surface area contributed by atoms with Crippen molar-refractivity contribution < 1.29 is 9.90 Å². The highest BCUT2D eigenvalue weighted by Crippen LogP contribution is 2.14. The molecule has 0 aliphatic carbocycles. The molecule has 0 radical (unpaired) electrons. The number of likely N-dealkylation sites (tertiary alicyclic amines) is 1. The van der Waals surface area contributed by atoms with Crippen LogP contribution in [0.25, 0.3) is 0 Å². The van der Waals surface area contributed by atoms with Crippen molar-refractivity contribution in [2.75, 3.05) is 6.54 Å². The third-order valence-electron chi connectivity index (χ3n) is 1.97. The molecule has 11 heavy (non-hydrogen) atoms. The summed E-state index contributed by atoms with van der Waals surface area (Å²) in [6.45, 7) is 5.93. The van der Waals surface area contributed by atoms with Crippen molar-refractivity contribution in [1.82, 2.24) is 4.90 Å². The largest absolute Gasteiger partial charge is 0.391 e. The first-order chi connectivity index (χ1) is 5.15. The van der Waals surface area contributed by atoms with Gasteiger partial charge in [-0.3, -0.25) is 4.79 Å². The van der Waals surface area contributed by atoms with Crippen LogP contribution >= 0.6 is 0 Å². The van der Waals surface area contributed by atoms with Crippen molar-refractivity contribution in [2.24, 2.45) is 0 Å². The van der Waals surface area contributed by atoms with Gasteiger partial charge in [-0.25, -0.2) is 0 Å². The van der Waals surface area contributed by atoms with Gasteiger partial charge in [0, 0.05) is 12.6 Å². The SMILES string of the molecule is C=CC(C)N1CC(O)CC1=O. The van der Waals surface area contributed by atoms with Gasteiger partial charge in [0.25, 0.3) is 0 Å². The molecule has 1 N–H and O–H groups in total. The summed E-state index contributed by atoms with van der Waals surface area (Å²) in [5.41, 5.74) is 0. The van der Waals surface area contributed by atoms with Crippen LogP contribution in [-0.2, 0) is 4.79 Å². The predicted molar refractivity (Wildman–Crippen MR) is 42.0 cm³/mol. The van der Waals surface area contributed by atoms with Crippen molar-refractivity contribution in [1.29, 1.82) is 0 Å². The van der Waals surface area contributed by atoms with Crippen LogP contribution in [0.5, 0.6) is 0 Å². The van der Waals surface area contributed by atoms with Gasteiger partial charge < -0.3 is 10.0 Å². The van der Waals surface area contributed by atoms with Crippen LogP contribution in [0.2, 0.25) is 0 Å². The van der Waals surface area contributed by atoms with E-state index in [9.17, 15) is 4.79 Å². The quantitative estimate of drug-likeness (QED) is 0.577. The smallest absolute Gasteiger partial charge is 0.225 e. The van der Waals surface area contributed by atoms with Crippen molar-refractivity contribution in [3.63, 3.8) is 0 Å². The van der Waals surface area contributed by atoms with Crippen molar-refractivity contribution in [3.05, 3.63) is 12.7 Å². The lowest BCUT2D eigenvalue weighted by molar-refractivity contribution is -0.128. The first-order valence-corrected chi connectivity index (χ1v) is 3.75. The fourth-order valence-corrected chi connectivity index (χ4v) is 1.23. The fourth-order valence-electron chi connectivity index (χ4n) is 1.23. The lowest BCUT2D eigenvalue weighted by atomic mass is 10.3. The third kappa shape index (κ3) is 1.60. The number of amides is 1. The molecule has 1 aliphatic heterocycles. The second-order valence-corrected chi connectivity index (χ2v) is 2.88. The van der Waals surface area contributed by atoms with E-state index in [1.165, 1.54) is 0 Å².